The predicted octanol–water partition coefficient (Wildman–Crippen LogP) is 4.09. The molecule has 1 unspecified atom stereocenters. The number of unbranched alkanes of at least 4 members (excludes halogenated alkanes) is 3. The zero-order valence-corrected chi connectivity index (χ0v) is 28.7. The van der Waals surface area contributed by atoms with E-state index < -0.39 is 0 Å². The lowest BCUT2D eigenvalue weighted by molar-refractivity contribution is -0.123. The molecule has 0 fully saturated rings. The van der Waals surface area contributed by atoms with E-state index >= 15 is 0 Å². The van der Waals surface area contributed by atoms with Crippen LogP contribution in [0.1, 0.15) is 71.6 Å². The number of rotatable bonds is 33. The molecule has 1 amide bonds. The highest BCUT2D eigenvalue weighted by Crippen LogP contribution is 2.23. The van der Waals surface area contributed by atoms with Gasteiger partial charge in [-0.05, 0) is 72.0 Å². The van der Waals surface area contributed by atoms with Gasteiger partial charge < -0.3 is 31.2 Å². The lowest BCUT2D eigenvalue weighted by Crippen LogP contribution is -2.45. The molecule has 0 aromatic rings. The van der Waals surface area contributed by atoms with Gasteiger partial charge in [-0.15, -0.1) is 0 Å². The smallest absolute Gasteiger partial charge is 0.237 e. The third-order valence-electron chi connectivity index (χ3n) is 5.71. The molecule has 0 rings (SSSR count). The fourth-order valence-corrected chi connectivity index (χ4v) is 7.88. The molecule has 0 spiro atoms. The SMILES string of the molecule is CC(=O)CCSSCCCCNCCCCC(NCCCCSSCCC(C)=O)C(=O)NCCOCCOCCN. The summed E-state index contributed by atoms with van der Waals surface area (Å²) >= 11 is 0. The maximum atomic E-state index is 12.8. The van der Waals surface area contributed by atoms with Crippen LogP contribution in [0.25, 0.3) is 0 Å². The van der Waals surface area contributed by atoms with Crippen molar-refractivity contribution < 1.29 is 23.9 Å². The van der Waals surface area contributed by atoms with E-state index in [9.17, 15) is 14.4 Å². The van der Waals surface area contributed by atoms with Crippen LogP contribution < -0.4 is 21.7 Å². The molecule has 0 aliphatic heterocycles. The summed E-state index contributed by atoms with van der Waals surface area (Å²) in [5.74, 6) is 4.50. The molecule has 0 saturated heterocycles. The van der Waals surface area contributed by atoms with E-state index in [4.69, 9.17) is 15.2 Å². The summed E-state index contributed by atoms with van der Waals surface area (Å²) < 4.78 is 10.8. The van der Waals surface area contributed by atoms with Crippen LogP contribution in [0.15, 0.2) is 0 Å². The number of ketones is 2. The van der Waals surface area contributed by atoms with Gasteiger partial charge in [0.05, 0.1) is 32.5 Å². The molecule has 41 heavy (non-hydrogen) atoms. The summed E-state index contributed by atoms with van der Waals surface area (Å²) in [7, 11) is 7.24. The largest absolute Gasteiger partial charge is 0.378 e. The number of hydrogen-bond acceptors (Lipinski definition) is 12. The Bertz CT molecular complexity index is 638. The number of ether oxygens (including phenoxy) is 2. The highest BCUT2D eigenvalue weighted by molar-refractivity contribution is 8.77. The van der Waals surface area contributed by atoms with Crippen LogP contribution in [0.3, 0.4) is 0 Å². The van der Waals surface area contributed by atoms with Gasteiger partial charge in [-0.3, -0.25) is 14.4 Å². The molecular weight excluding hydrogens is 601 g/mol. The molecule has 0 aliphatic rings. The molecule has 0 aliphatic carbocycles. The first kappa shape index (κ1) is 41.0. The van der Waals surface area contributed by atoms with E-state index in [1.807, 2.05) is 21.6 Å². The Hall–Kier alpha value is 0.01000. The molecule has 0 heterocycles. The Kier molecular flexibility index (Phi) is 32.9. The second kappa shape index (κ2) is 32.9. The average Bonchev–Trinajstić information content (AvgIpc) is 2.94. The number of carbonyl (C=O) groups is 3. The fourth-order valence-electron chi connectivity index (χ4n) is 3.40. The number of Topliss-reactive ketones (excluding diaryl/α,β-unsaturated/α-hetero) is 2. The molecule has 0 aromatic heterocycles. The second-order valence-electron chi connectivity index (χ2n) is 9.66. The van der Waals surface area contributed by atoms with Gasteiger partial charge in [0.15, 0.2) is 0 Å². The predicted molar refractivity (Wildman–Crippen MR) is 181 cm³/mol. The summed E-state index contributed by atoms with van der Waals surface area (Å²) in [5, 5.41) is 10.00. The van der Waals surface area contributed by atoms with Crippen LogP contribution in [0.2, 0.25) is 0 Å². The van der Waals surface area contributed by atoms with Crippen LogP contribution in [0.5, 0.6) is 0 Å². The van der Waals surface area contributed by atoms with Crippen molar-refractivity contribution in [2.24, 2.45) is 5.73 Å². The standard InChI is InChI=1S/C28H56N4O5S4/c1-25(33)10-23-40-38-21-7-5-14-30-13-4-3-9-27(28(35)32-16-18-37-20-19-36-17-12-29)31-15-6-8-22-39-41-24-11-26(2)34/h27,30-31H,3-24,29H2,1-2H3,(H,32,35). The highest BCUT2D eigenvalue weighted by Gasteiger charge is 2.16. The minimum atomic E-state index is -0.196. The first-order chi connectivity index (χ1) is 20.0. The van der Waals surface area contributed by atoms with Gasteiger partial charge in [0.1, 0.15) is 11.6 Å². The van der Waals surface area contributed by atoms with Crippen LogP contribution in [0.4, 0.5) is 0 Å². The lowest BCUT2D eigenvalue weighted by Gasteiger charge is -2.19. The Morgan fingerprint density at radius 2 is 1.20 bits per heavy atom. The zero-order chi connectivity index (χ0) is 30.2. The summed E-state index contributed by atoms with van der Waals surface area (Å²) in [5.41, 5.74) is 5.39. The van der Waals surface area contributed by atoms with E-state index in [2.05, 4.69) is 16.0 Å². The Morgan fingerprint density at radius 1 is 0.659 bits per heavy atom. The minimum Gasteiger partial charge on any atom is -0.378 e. The summed E-state index contributed by atoms with van der Waals surface area (Å²) in [4.78, 5) is 34.8. The van der Waals surface area contributed by atoms with Crippen LogP contribution in [-0.4, -0.2) is 106 Å². The number of amides is 1. The zero-order valence-electron chi connectivity index (χ0n) is 25.4. The van der Waals surface area contributed by atoms with Gasteiger partial charge in [0.25, 0.3) is 0 Å². The van der Waals surface area contributed by atoms with Gasteiger partial charge >= 0.3 is 0 Å². The van der Waals surface area contributed by atoms with Crippen molar-refractivity contribution in [3.05, 3.63) is 0 Å². The monoisotopic (exact) mass is 656 g/mol. The molecule has 5 N–H and O–H groups in total. The quantitative estimate of drug-likeness (QED) is 0.0599. The number of carbonyl (C=O) groups excluding carboxylic acids is 3. The first-order valence-electron chi connectivity index (χ1n) is 15.0. The summed E-state index contributed by atoms with van der Waals surface area (Å²) in [6.07, 6.45) is 8.58. The minimum absolute atomic E-state index is 0.0359. The number of nitrogens with two attached hydrogens (primary N) is 1. The highest BCUT2D eigenvalue weighted by atomic mass is 33.1. The van der Waals surface area contributed by atoms with Crippen molar-refractivity contribution in [3.8, 4) is 0 Å². The van der Waals surface area contributed by atoms with E-state index in [0.717, 1.165) is 81.2 Å². The van der Waals surface area contributed by atoms with E-state index in [1.165, 1.54) is 6.42 Å². The van der Waals surface area contributed by atoms with Crippen molar-refractivity contribution in [1.82, 2.24) is 16.0 Å². The molecule has 0 bridgehead atoms. The average molecular weight is 657 g/mol. The first-order valence-corrected chi connectivity index (χ1v) is 20.0. The van der Waals surface area contributed by atoms with E-state index in [0.29, 0.717) is 52.4 Å². The molecular formula is C28H56N4O5S4. The molecule has 9 nitrogen and oxygen atoms in total. The van der Waals surface area contributed by atoms with Crippen molar-refractivity contribution in [1.29, 1.82) is 0 Å². The van der Waals surface area contributed by atoms with Crippen molar-refractivity contribution in [2.45, 2.75) is 77.7 Å². The molecule has 13 heteroatoms. The normalized spacial score (nSPS) is 12.0. The van der Waals surface area contributed by atoms with Crippen LogP contribution in [0, 0.1) is 0 Å². The Balaban J connectivity index is 4.05. The van der Waals surface area contributed by atoms with E-state index in [-0.39, 0.29) is 23.5 Å². The summed E-state index contributed by atoms with van der Waals surface area (Å²) in [6.45, 7) is 9.06. The molecule has 1 atom stereocenters. The van der Waals surface area contributed by atoms with Crippen LogP contribution >= 0.6 is 43.2 Å². The third-order valence-corrected chi connectivity index (χ3v) is 10.7. The van der Waals surface area contributed by atoms with Gasteiger partial charge in [-0.25, -0.2) is 0 Å². The molecule has 0 saturated carbocycles. The second-order valence-corrected chi connectivity index (χ2v) is 15.1. The molecule has 0 radical (unpaired) electrons. The topological polar surface area (TPSA) is 132 Å². The van der Waals surface area contributed by atoms with Crippen molar-refractivity contribution in [2.75, 3.05) is 82.2 Å². The van der Waals surface area contributed by atoms with E-state index in [1.54, 1.807) is 35.4 Å². The summed E-state index contributed by atoms with van der Waals surface area (Å²) in [6, 6.07) is -0.196. The maximum Gasteiger partial charge on any atom is 0.237 e. The molecule has 242 valence electrons. The Morgan fingerprint density at radius 3 is 1.78 bits per heavy atom. The van der Waals surface area contributed by atoms with Crippen molar-refractivity contribution >= 4 is 60.6 Å². The number of hydrogen-bond donors (Lipinski definition) is 4. The maximum absolute atomic E-state index is 12.8. The van der Waals surface area contributed by atoms with Gasteiger partial charge in [-0.2, -0.15) is 0 Å². The van der Waals surface area contributed by atoms with Gasteiger partial charge in [0, 0.05) is 48.9 Å². The van der Waals surface area contributed by atoms with Gasteiger partial charge in [-0.1, -0.05) is 49.6 Å². The fraction of sp³-hybridized carbons (Fsp3) is 0.893. The van der Waals surface area contributed by atoms with Crippen molar-refractivity contribution in [3.63, 3.8) is 0 Å². The Labute approximate surface area is 265 Å². The number of nitrogens with one attached hydrogen (secondary N) is 3. The van der Waals surface area contributed by atoms with Crippen LogP contribution in [-0.2, 0) is 23.9 Å². The molecule has 0 aromatic carbocycles. The lowest BCUT2D eigenvalue weighted by atomic mass is 10.1. The third kappa shape index (κ3) is 32.8. The van der Waals surface area contributed by atoms with Gasteiger partial charge in [0.2, 0.25) is 5.91 Å².